The van der Waals surface area contributed by atoms with E-state index in [1.54, 1.807) is 12.4 Å². The van der Waals surface area contributed by atoms with Crippen LogP contribution in [0.5, 0.6) is 0 Å². The van der Waals surface area contributed by atoms with Crippen LogP contribution in [0.15, 0.2) is 29.7 Å². The van der Waals surface area contributed by atoms with Crippen molar-refractivity contribution in [3.63, 3.8) is 0 Å². The maximum atomic E-state index is 12.9. The number of nitrogens with zero attached hydrogens (tertiary/aromatic N) is 5. The van der Waals surface area contributed by atoms with Crippen molar-refractivity contribution in [1.82, 2.24) is 35.5 Å². The van der Waals surface area contributed by atoms with Crippen molar-refractivity contribution in [1.29, 1.82) is 0 Å². The molecule has 0 bridgehead atoms. The number of amides is 4. The van der Waals surface area contributed by atoms with Crippen LogP contribution in [0.3, 0.4) is 0 Å². The number of imide groups is 1. The molecule has 3 aliphatic rings. The first kappa shape index (κ1) is 23.8. The van der Waals surface area contributed by atoms with E-state index in [4.69, 9.17) is 0 Å². The van der Waals surface area contributed by atoms with Gasteiger partial charge in [-0.3, -0.25) is 24.6 Å². The number of hydrogen-bond donors (Lipinski definition) is 2. The standard InChI is InChI=1S/C24H31N7O3S/c1-16-8-3-4-10-18(16)30-20(17-9-7-13-25-14-17)27-28-23(30)35-15-19(32)29-31-21(33)24(26-22(31)34)11-5-2-6-12-24/h7,9,13-14,16,18H,2-6,8,10-12,15H2,1H3,(H,26,34)(H,29,32)/t16-,18-/m1/s1. The summed E-state index contributed by atoms with van der Waals surface area (Å²) in [7, 11) is 0. The van der Waals surface area contributed by atoms with Gasteiger partial charge in [-0.2, -0.15) is 5.01 Å². The first-order valence-electron chi connectivity index (χ1n) is 12.4. The maximum absolute atomic E-state index is 12.9. The van der Waals surface area contributed by atoms with Crippen molar-refractivity contribution < 1.29 is 14.4 Å². The molecule has 0 aromatic carbocycles. The van der Waals surface area contributed by atoms with Crippen molar-refractivity contribution in [2.75, 3.05) is 5.75 Å². The third-order valence-corrected chi connectivity index (χ3v) is 8.36. The van der Waals surface area contributed by atoms with Gasteiger partial charge in [0.25, 0.3) is 5.91 Å². The second-order valence-corrected chi connectivity index (χ2v) is 10.7. The fraction of sp³-hybridized carbons (Fsp3) is 0.583. The summed E-state index contributed by atoms with van der Waals surface area (Å²) in [5, 5.41) is 13.2. The fourth-order valence-electron chi connectivity index (χ4n) is 5.55. The Kier molecular flexibility index (Phi) is 6.77. The molecule has 35 heavy (non-hydrogen) atoms. The maximum Gasteiger partial charge on any atom is 0.344 e. The highest BCUT2D eigenvalue weighted by molar-refractivity contribution is 7.99. The number of carbonyl (C=O) groups excluding carboxylic acids is 3. The van der Waals surface area contributed by atoms with Crippen LogP contribution in [0.25, 0.3) is 11.4 Å². The summed E-state index contributed by atoms with van der Waals surface area (Å²) in [4.78, 5) is 42.4. The van der Waals surface area contributed by atoms with E-state index in [-0.39, 0.29) is 17.7 Å². The number of urea groups is 1. The SMILES string of the molecule is C[C@@H]1CCCC[C@H]1n1c(SCC(=O)NN2C(=O)NC3(CCCCC3)C2=O)nnc1-c1cccnc1. The summed E-state index contributed by atoms with van der Waals surface area (Å²) >= 11 is 1.27. The van der Waals surface area contributed by atoms with E-state index in [0.29, 0.717) is 23.9 Å². The van der Waals surface area contributed by atoms with Crippen molar-refractivity contribution in [2.45, 2.75) is 81.4 Å². The van der Waals surface area contributed by atoms with Gasteiger partial charge in [0, 0.05) is 24.0 Å². The minimum absolute atomic E-state index is 0.0103. The molecule has 1 aliphatic heterocycles. The van der Waals surface area contributed by atoms with Gasteiger partial charge < -0.3 is 5.32 Å². The van der Waals surface area contributed by atoms with Crippen LogP contribution in [0.1, 0.15) is 70.8 Å². The Morgan fingerprint density at radius 3 is 2.71 bits per heavy atom. The van der Waals surface area contributed by atoms with E-state index in [1.165, 1.54) is 18.2 Å². The number of hydrazine groups is 1. The summed E-state index contributed by atoms with van der Waals surface area (Å²) in [5.41, 5.74) is 2.52. The smallest absolute Gasteiger partial charge is 0.322 e. The van der Waals surface area contributed by atoms with Gasteiger partial charge in [-0.15, -0.1) is 10.2 Å². The number of aromatic nitrogens is 4. The molecule has 2 aromatic rings. The summed E-state index contributed by atoms with van der Waals surface area (Å²) in [5.74, 6) is 0.421. The van der Waals surface area contributed by atoms with Gasteiger partial charge in [-0.25, -0.2) is 4.79 Å². The van der Waals surface area contributed by atoms with Gasteiger partial charge in [0.1, 0.15) is 5.54 Å². The lowest BCUT2D eigenvalue weighted by molar-refractivity contribution is -0.139. The van der Waals surface area contributed by atoms with Crippen LogP contribution in [0.4, 0.5) is 4.79 Å². The molecule has 2 aromatic heterocycles. The van der Waals surface area contributed by atoms with Crippen LogP contribution < -0.4 is 10.7 Å². The third-order valence-electron chi connectivity index (χ3n) is 7.42. The quantitative estimate of drug-likeness (QED) is 0.463. The molecule has 2 atom stereocenters. The molecule has 2 saturated carbocycles. The lowest BCUT2D eigenvalue weighted by atomic mass is 9.82. The molecule has 10 nitrogen and oxygen atoms in total. The van der Waals surface area contributed by atoms with Gasteiger partial charge in [0.2, 0.25) is 5.91 Å². The summed E-state index contributed by atoms with van der Waals surface area (Å²) in [6.07, 6.45) is 12.0. The predicted molar refractivity (Wildman–Crippen MR) is 130 cm³/mol. The molecule has 1 saturated heterocycles. The number of rotatable bonds is 6. The van der Waals surface area contributed by atoms with Crippen molar-refractivity contribution in [3.05, 3.63) is 24.5 Å². The van der Waals surface area contributed by atoms with Crippen molar-refractivity contribution in [2.24, 2.45) is 5.92 Å². The summed E-state index contributed by atoms with van der Waals surface area (Å²) < 4.78 is 2.14. The van der Waals surface area contributed by atoms with E-state index >= 15 is 0 Å². The lowest BCUT2D eigenvalue weighted by Gasteiger charge is -2.31. The molecule has 4 amide bonds. The second kappa shape index (κ2) is 9.96. The summed E-state index contributed by atoms with van der Waals surface area (Å²) in [6.45, 7) is 2.25. The Hall–Kier alpha value is -2.95. The van der Waals surface area contributed by atoms with Crippen LogP contribution >= 0.6 is 11.8 Å². The molecule has 3 heterocycles. The minimum atomic E-state index is -0.869. The average molecular weight is 498 g/mol. The van der Waals surface area contributed by atoms with E-state index in [1.807, 2.05) is 12.1 Å². The first-order chi connectivity index (χ1) is 17.0. The minimum Gasteiger partial charge on any atom is -0.322 e. The second-order valence-electron chi connectivity index (χ2n) is 9.78. The fourth-order valence-corrected chi connectivity index (χ4v) is 6.33. The molecule has 186 valence electrons. The number of thioether (sulfide) groups is 1. The van der Waals surface area contributed by atoms with E-state index in [2.05, 4.69) is 37.4 Å². The first-order valence-corrected chi connectivity index (χ1v) is 13.4. The normalized spacial score (nSPS) is 24.0. The number of carbonyl (C=O) groups is 3. The molecular formula is C24H31N7O3S. The largest absolute Gasteiger partial charge is 0.344 e. The molecule has 1 spiro atoms. The average Bonchev–Trinajstić information content (AvgIpc) is 3.39. The molecule has 0 radical (unpaired) electrons. The Morgan fingerprint density at radius 2 is 1.97 bits per heavy atom. The van der Waals surface area contributed by atoms with Gasteiger partial charge >= 0.3 is 6.03 Å². The predicted octanol–water partition coefficient (Wildman–Crippen LogP) is 3.47. The monoisotopic (exact) mass is 497 g/mol. The zero-order valence-electron chi connectivity index (χ0n) is 19.9. The molecular weight excluding hydrogens is 466 g/mol. The van der Waals surface area contributed by atoms with Crippen molar-refractivity contribution in [3.8, 4) is 11.4 Å². The summed E-state index contributed by atoms with van der Waals surface area (Å²) in [6, 6.07) is 3.50. The van der Waals surface area contributed by atoms with E-state index in [0.717, 1.165) is 54.9 Å². The number of hydrogen-bond acceptors (Lipinski definition) is 7. The van der Waals surface area contributed by atoms with Crippen molar-refractivity contribution >= 4 is 29.6 Å². The van der Waals surface area contributed by atoms with Crippen LogP contribution in [0.2, 0.25) is 0 Å². The number of nitrogens with one attached hydrogen (secondary N) is 2. The van der Waals surface area contributed by atoms with Gasteiger partial charge in [-0.05, 0) is 43.7 Å². The highest BCUT2D eigenvalue weighted by Gasteiger charge is 2.52. The zero-order valence-corrected chi connectivity index (χ0v) is 20.7. The molecule has 11 heteroatoms. The van der Waals surface area contributed by atoms with Crippen LogP contribution in [-0.4, -0.2) is 53.9 Å². The highest BCUT2D eigenvalue weighted by Crippen LogP contribution is 2.39. The molecule has 2 aliphatic carbocycles. The third kappa shape index (κ3) is 4.65. The lowest BCUT2D eigenvalue weighted by Crippen LogP contribution is -2.51. The number of pyridine rings is 1. The topological polar surface area (TPSA) is 122 Å². The van der Waals surface area contributed by atoms with Gasteiger partial charge in [0.15, 0.2) is 11.0 Å². The highest BCUT2D eigenvalue weighted by atomic mass is 32.2. The Morgan fingerprint density at radius 1 is 1.17 bits per heavy atom. The van der Waals surface area contributed by atoms with Gasteiger partial charge in [0.05, 0.1) is 5.75 Å². The molecule has 2 N–H and O–H groups in total. The Bertz CT molecular complexity index is 1100. The zero-order chi connectivity index (χ0) is 24.4. The Balaban J connectivity index is 1.30. The van der Waals surface area contributed by atoms with Crippen LogP contribution in [0, 0.1) is 5.92 Å². The Labute approximate surface area is 208 Å². The van der Waals surface area contributed by atoms with Crippen LogP contribution in [-0.2, 0) is 9.59 Å². The van der Waals surface area contributed by atoms with Gasteiger partial charge in [-0.1, -0.05) is 50.8 Å². The molecule has 5 rings (SSSR count). The van der Waals surface area contributed by atoms with E-state index in [9.17, 15) is 14.4 Å². The molecule has 3 fully saturated rings. The molecule has 0 unspecified atom stereocenters. The van der Waals surface area contributed by atoms with E-state index < -0.39 is 17.5 Å².